The standard InChI is InChI=1S/C23H34F2N2OS/c1-22(2,3)29(28)17-18(16-26)13-15-23(24,25)14-7-6-9-20-12-11-19-8-4-5-10-21(19)27-20/h11-12,18H,4-10,13-15,17H2,1-3H3/t18-,29+/m0/s1. The Morgan fingerprint density at radius 2 is 1.90 bits per heavy atom. The Hall–Kier alpha value is -1.35. The maximum atomic E-state index is 14.2. The van der Waals surface area contributed by atoms with Gasteiger partial charge in [0.1, 0.15) is 0 Å². The van der Waals surface area contributed by atoms with Crippen molar-refractivity contribution in [3.8, 4) is 6.07 Å². The molecule has 0 aromatic carbocycles. The summed E-state index contributed by atoms with van der Waals surface area (Å²) in [5, 5.41) is 9.23. The molecular formula is C23H34F2N2OS. The maximum absolute atomic E-state index is 14.2. The zero-order valence-corrected chi connectivity index (χ0v) is 18.8. The minimum Gasteiger partial charge on any atom is -0.259 e. The van der Waals surface area contributed by atoms with Crippen LogP contribution in [0.3, 0.4) is 0 Å². The highest BCUT2D eigenvalue weighted by Gasteiger charge is 2.30. The Bertz CT molecular complexity index is 737. The van der Waals surface area contributed by atoms with E-state index in [1.165, 1.54) is 24.1 Å². The Morgan fingerprint density at radius 1 is 1.17 bits per heavy atom. The van der Waals surface area contributed by atoms with Crippen LogP contribution in [-0.2, 0) is 30.1 Å². The summed E-state index contributed by atoms with van der Waals surface area (Å²) in [5.74, 6) is -3.19. The maximum Gasteiger partial charge on any atom is 0.248 e. The van der Waals surface area contributed by atoms with E-state index in [0.717, 1.165) is 25.0 Å². The van der Waals surface area contributed by atoms with Gasteiger partial charge in [-0.15, -0.1) is 0 Å². The van der Waals surface area contributed by atoms with Gasteiger partial charge in [-0.1, -0.05) is 6.07 Å². The van der Waals surface area contributed by atoms with Crippen molar-refractivity contribution in [3.05, 3.63) is 29.1 Å². The number of pyridine rings is 1. The third kappa shape index (κ3) is 8.12. The number of hydrogen-bond acceptors (Lipinski definition) is 3. The summed E-state index contributed by atoms with van der Waals surface area (Å²) in [5.41, 5.74) is 3.53. The number of halogens is 2. The van der Waals surface area contributed by atoms with Crippen LogP contribution >= 0.6 is 0 Å². The second kappa shape index (κ2) is 10.6. The van der Waals surface area contributed by atoms with E-state index in [4.69, 9.17) is 4.98 Å². The second-order valence-corrected chi connectivity index (χ2v) is 11.4. The van der Waals surface area contributed by atoms with Crippen LogP contribution in [0.5, 0.6) is 0 Å². The molecule has 1 aromatic heterocycles. The molecule has 0 bridgehead atoms. The highest BCUT2D eigenvalue weighted by atomic mass is 32.2. The zero-order chi connectivity index (χ0) is 21.5. The summed E-state index contributed by atoms with van der Waals surface area (Å²) >= 11 is 0. The van der Waals surface area contributed by atoms with E-state index in [1.807, 2.05) is 26.8 Å². The molecule has 3 nitrogen and oxygen atoms in total. The van der Waals surface area contributed by atoms with Crippen molar-refractivity contribution in [3.63, 3.8) is 0 Å². The van der Waals surface area contributed by atoms with Crippen molar-refractivity contribution in [2.24, 2.45) is 5.92 Å². The SMILES string of the molecule is CC(C)(C)[S@](=O)C[C@H](C#N)CCC(F)(F)CCCCc1ccc2c(n1)CCCC2. The van der Waals surface area contributed by atoms with Crippen molar-refractivity contribution in [2.45, 2.75) is 95.6 Å². The van der Waals surface area contributed by atoms with Gasteiger partial charge in [0.15, 0.2) is 0 Å². The molecule has 0 radical (unpaired) electrons. The van der Waals surface area contributed by atoms with E-state index in [1.54, 1.807) is 0 Å². The molecule has 0 unspecified atom stereocenters. The minimum absolute atomic E-state index is 0.0949. The van der Waals surface area contributed by atoms with Gasteiger partial charge < -0.3 is 0 Å². The van der Waals surface area contributed by atoms with Gasteiger partial charge in [0.25, 0.3) is 0 Å². The summed E-state index contributed by atoms with van der Waals surface area (Å²) in [6.45, 7) is 5.51. The van der Waals surface area contributed by atoms with Gasteiger partial charge in [0, 0.05) is 45.5 Å². The fraction of sp³-hybridized carbons (Fsp3) is 0.739. The Kier molecular flexibility index (Phi) is 8.75. The molecule has 2 rings (SSSR count). The van der Waals surface area contributed by atoms with E-state index in [2.05, 4.69) is 12.1 Å². The Balaban J connectivity index is 1.72. The Labute approximate surface area is 176 Å². The van der Waals surface area contributed by atoms with E-state index < -0.39 is 27.4 Å². The van der Waals surface area contributed by atoms with E-state index in [9.17, 15) is 18.3 Å². The van der Waals surface area contributed by atoms with Gasteiger partial charge in [-0.3, -0.25) is 9.19 Å². The lowest BCUT2D eigenvalue weighted by molar-refractivity contribution is -0.0217. The largest absolute Gasteiger partial charge is 0.259 e. The topological polar surface area (TPSA) is 53.8 Å². The normalized spacial score (nSPS) is 16.7. The van der Waals surface area contributed by atoms with Gasteiger partial charge in [-0.05, 0) is 83.8 Å². The fourth-order valence-electron chi connectivity index (χ4n) is 3.58. The smallest absolute Gasteiger partial charge is 0.248 e. The van der Waals surface area contributed by atoms with Crippen molar-refractivity contribution in [1.82, 2.24) is 4.98 Å². The zero-order valence-electron chi connectivity index (χ0n) is 18.0. The number of hydrogen-bond donors (Lipinski definition) is 0. The molecule has 0 N–H and O–H groups in total. The molecule has 1 heterocycles. The number of aromatic nitrogens is 1. The number of alkyl halides is 2. The van der Waals surface area contributed by atoms with Crippen molar-refractivity contribution >= 4 is 10.8 Å². The van der Waals surface area contributed by atoms with Gasteiger partial charge in [0.05, 0.1) is 12.0 Å². The predicted octanol–water partition coefficient (Wildman–Crippen LogP) is 5.78. The number of nitrogens with zero attached hydrogens (tertiary/aromatic N) is 2. The number of unbranched alkanes of at least 4 members (excludes halogenated alkanes) is 1. The predicted molar refractivity (Wildman–Crippen MR) is 114 cm³/mol. The summed E-state index contributed by atoms with van der Waals surface area (Å²) < 4.78 is 40.2. The molecule has 0 saturated heterocycles. The van der Waals surface area contributed by atoms with Crippen LogP contribution in [0.15, 0.2) is 12.1 Å². The molecule has 29 heavy (non-hydrogen) atoms. The first-order chi connectivity index (χ1) is 13.6. The average molecular weight is 425 g/mol. The van der Waals surface area contributed by atoms with Crippen LogP contribution in [-0.4, -0.2) is 25.6 Å². The first kappa shape index (κ1) is 23.9. The van der Waals surface area contributed by atoms with Crippen molar-refractivity contribution < 1.29 is 13.0 Å². The lowest BCUT2D eigenvalue weighted by Gasteiger charge is -2.21. The third-order valence-corrected chi connectivity index (χ3v) is 7.61. The number of aryl methyl sites for hydroxylation is 3. The van der Waals surface area contributed by atoms with Crippen LogP contribution < -0.4 is 0 Å². The molecule has 1 aliphatic carbocycles. The van der Waals surface area contributed by atoms with E-state index in [-0.39, 0.29) is 25.0 Å². The van der Waals surface area contributed by atoms with Crippen LogP contribution in [0.4, 0.5) is 8.78 Å². The molecule has 0 saturated carbocycles. The quantitative estimate of drug-likeness (QED) is 0.448. The molecule has 2 atom stereocenters. The molecule has 0 spiro atoms. The summed E-state index contributed by atoms with van der Waals surface area (Å²) in [6, 6.07) is 6.24. The molecule has 6 heteroatoms. The van der Waals surface area contributed by atoms with Crippen LogP contribution in [0, 0.1) is 17.2 Å². The van der Waals surface area contributed by atoms with Gasteiger partial charge >= 0.3 is 0 Å². The van der Waals surface area contributed by atoms with Gasteiger partial charge in [-0.25, -0.2) is 8.78 Å². The number of rotatable bonds is 10. The highest BCUT2D eigenvalue weighted by Crippen LogP contribution is 2.30. The first-order valence-corrected chi connectivity index (χ1v) is 12.1. The lowest BCUT2D eigenvalue weighted by atomic mass is 9.95. The molecular weight excluding hydrogens is 390 g/mol. The second-order valence-electron chi connectivity index (χ2n) is 9.17. The van der Waals surface area contributed by atoms with Gasteiger partial charge in [-0.2, -0.15) is 5.26 Å². The van der Waals surface area contributed by atoms with Crippen LogP contribution in [0.1, 0.15) is 82.7 Å². The Morgan fingerprint density at radius 3 is 2.59 bits per heavy atom. The lowest BCUT2D eigenvalue weighted by Crippen LogP contribution is -2.28. The summed E-state index contributed by atoms with van der Waals surface area (Å²) in [4.78, 5) is 4.71. The van der Waals surface area contributed by atoms with E-state index >= 15 is 0 Å². The first-order valence-electron chi connectivity index (χ1n) is 10.7. The molecule has 0 aliphatic heterocycles. The molecule has 0 amide bonds. The molecule has 1 aromatic rings. The van der Waals surface area contributed by atoms with Crippen LogP contribution in [0.2, 0.25) is 0 Å². The minimum atomic E-state index is -2.78. The molecule has 162 valence electrons. The van der Waals surface area contributed by atoms with Crippen LogP contribution in [0.25, 0.3) is 0 Å². The summed E-state index contributed by atoms with van der Waals surface area (Å²) in [6.07, 6.45) is 6.01. The van der Waals surface area contributed by atoms with Crippen molar-refractivity contribution in [1.29, 1.82) is 5.26 Å². The van der Waals surface area contributed by atoms with Crippen molar-refractivity contribution in [2.75, 3.05) is 5.75 Å². The monoisotopic (exact) mass is 424 g/mol. The summed E-state index contributed by atoms with van der Waals surface area (Å²) in [7, 11) is -1.20. The number of nitriles is 1. The average Bonchev–Trinajstić information content (AvgIpc) is 2.67. The molecule has 0 fully saturated rings. The fourth-order valence-corrected chi connectivity index (χ4v) is 4.69. The van der Waals surface area contributed by atoms with Gasteiger partial charge in [0.2, 0.25) is 5.92 Å². The molecule has 1 aliphatic rings. The van der Waals surface area contributed by atoms with E-state index in [0.29, 0.717) is 12.8 Å². The highest BCUT2D eigenvalue weighted by molar-refractivity contribution is 7.86. The third-order valence-electron chi connectivity index (χ3n) is 5.54. The number of fused-ring (bicyclic) bond motifs is 1.